The van der Waals surface area contributed by atoms with Crippen LogP contribution in [0, 0.1) is 0 Å². The number of hydrogen-bond donors (Lipinski definition) is 1. The molecule has 18 heavy (non-hydrogen) atoms. The van der Waals surface area contributed by atoms with Gasteiger partial charge in [0.1, 0.15) is 0 Å². The monoisotopic (exact) mass is 343 g/mol. The van der Waals surface area contributed by atoms with Gasteiger partial charge in [0.05, 0.1) is 0 Å². The molecule has 2 aromatic rings. The van der Waals surface area contributed by atoms with Gasteiger partial charge in [-0.1, -0.05) is 40.5 Å². The van der Waals surface area contributed by atoms with E-state index in [4.69, 9.17) is 11.6 Å². The molecule has 2 rings (SSSR count). The summed E-state index contributed by atoms with van der Waals surface area (Å²) in [4.78, 5) is 0. The van der Waals surface area contributed by atoms with Crippen LogP contribution in [0.3, 0.4) is 0 Å². The van der Waals surface area contributed by atoms with Crippen LogP contribution in [0.5, 0.6) is 0 Å². The zero-order valence-electron chi connectivity index (χ0n) is 10.1. The number of halogens is 2. The van der Waals surface area contributed by atoms with Crippen LogP contribution in [0.2, 0.25) is 5.02 Å². The van der Waals surface area contributed by atoms with E-state index in [1.165, 1.54) is 5.56 Å². The van der Waals surface area contributed by atoms with E-state index in [-0.39, 0.29) is 6.04 Å². The molecule has 0 amide bonds. The standard InChI is InChI=1S/C14H15BrClNS/c1-2-17-14(7-10-5-6-18-9-10)12-4-3-11(15)8-13(12)16/h3-6,8-9,14,17H,2,7H2,1H3. The summed E-state index contributed by atoms with van der Waals surface area (Å²) in [6.45, 7) is 3.05. The van der Waals surface area contributed by atoms with Crippen LogP contribution < -0.4 is 5.32 Å². The normalized spacial score (nSPS) is 12.6. The lowest BCUT2D eigenvalue weighted by Crippen LogP contribution is -2.23. The van der Waals surface area contributed by atoms with Crippen LogP contribution in [-0.4, -0.2) is 6.54 Å². The van der Waals surface area contributed by atoms with Crippen molar-refractivity contribution in [2.75, 3.05) is 6.54 Å². The second kappa shape index (κ2) is 6.71. The van der Waals surface area contributed by atoms with Crippen LogP contribution in [0.1, 0.15) is 24.1 Å². The third-order valence-corrected chi connectivity index (χ3v) is 4.36. The highest BCUT2D eigenvalue weighted by molar-refractivity contribution is 9.10. The zero-order valence-corrected chi connectivity index (χ0v) is 13.3. The summed E-state index contributed by atoms with van der Waals surface area (Å²) >= 11 is 11.5. The Kier molecular flexibility index (Phi) is 5.25. The van der Waals surface area contributed by atoms with Gasteiger partial charge in [-0.25, -0.2) is 0 Å². The fraction of sp³-hybridized carbons (Fsp3) is 0.286. The summed E-state index contributed by atoms with van der Waals surface area (Å²) in [5.41, 5.74) is 2.51. The SMILES string of the molecule is CCNC(Cc1ccsc1)c1ccc(Br)cc1Cl. The largest absolute Gasteiger partial charge is 0.310 e. The first-order valence-electron chi connectivity index (χ1n) is 5.90. The van der Waals surface area contributed by atoms with Crippen molar-refractivity contribution in [1.82, 2.24) is 5.32 Å². The molecule has 1 N–H and O–H groups in total. The van der Waals surface area contributed by atoms with Crippen molar-refractivity contribution in [3.8, 4) is 0 Å². The summed E-state index contributed by atoms with van der Waals surface area (Å²) in [5, 5.41) is 8.62. The van der Waals surface area contributed by atoms with Gasteiger partial charge in [-0.05, 0) is 53.1 Å². The third-order valence-electron chi connectivity index (χ3n) is 2.81. The first kappa shape index (κ1) is 14.1. The lowest BCUT2D eigenvalue weighted by atomic mass is 10.0. The Morgan fingerprint density at radius 3 is 2.83 bits per heavy atom. The zero-order chi connectivity index (χ0) is 13.0. The van der Waals surface area contributed by atoms with Crippen molar-refractivity contribution in [1.29, 1.82) is 0 Å². The van der Waals surface area contributed by atoms with Gasteiger partial charge in [-0.2, -0.15) is 11.3 Å². The van der Waals surface area contributed by atoms with E-state index in [2.05, 4.69) is 51.1 Å². The van der Waals surface area contributed by atoms with Crippen molar-refractivity contribution >= 4 is 38.9 Å². The first-order valence-corrected chi connectivity index (χ1v) is 8.01. The predicted octanol–water partition coefficient (Wildman–Crippen LogP) is 5.06. The van der Waals surface area contributed by atoms with Gasteiger partial charge in [0, 0.05) is 15.5 Å². The minimum atomic E-state index is 0.269. The average molecular weight is 345 g/mol. The molecular formula is C14H15BrClNS. The molecule has 0 aliphatic carbocycles. The molecule has 1 unspecified atom stereocenters. The molecule has 96 valence electrons. The molecule has 0 bridgehead atoms. The van der Waals surface area contributed by atoms with E-state index in [1.54, 1.807) is 11.3 Å². The van der Waals surface area contributed by atoms with Crippen molar-refractivity contribution < 1.29 is 0 Å². The lowest BCUT2D eigenvalue weighted by molar-refractivity contribution is 0.550. The lowest BCUT2D eigenvalue weighted by Gasteiger charge is -2.19. The molecule has 1 heterocycles. The van der Waals surface area contributed by atoms with Gasteiger partial charge in [0.15, 0.2) is 0 Å². The molecule has 4 heteroatoms. The van der Waals surface area contributed by atoms with E-state index in [0.29, 0.717) is 0 Å². The van der Waals surface area contributed by atoms with Crippen molar-refractivity contribution in [2.24, 2.45) is 0 Å². The number of thiophene rings is 1. The van der Waals surface area contributed by atoms with E-state index in [0.717, 1.165) is 28.0 Å². The Balaban J connectivity index is 2.23. The quantitative estimate of drug-likeness (QED) is 0.799. The molecular weight excluding hydrogens is 330 g/mol. The molecule has 0 aliphatic heterocycles. The van der Waals surface area contributed by atoms with Crippen molar-refractivity contribution in [3.63, 3.8) is 0 Å². The van der Waals surface area contributed by atoms with E-state index < -0.39 is 0 Å². The number of likely N-dealkylation sites (N-methyl/N-ethyl adjacent to an activating group) is 1. The average Bonchev–Trinajstić information content (AvgIpc) is 2.81. The first-order chi connectivity index (χ1) is 8.70. The molecule has 0 aliphatic rings. The minimum absolute atomic E-state index is 0.269. The maximum Gasteiger partial charge on any atom is 0.0465 e. The summed E-state index contributed by atoms with van der Waals surface area (Å²) in [5.74, 6) is 0. The van der Waals surface area contributed by atoms with Crippen LogP contribution >= 0.6 is 38.9 Å². The van der Waals surface area contributed by atoms with Gasteiger partial charge in [-0.3, -0.25) is 0 Å². The number of benzene rings is 1. The highest BCUT2D eigenvalue weighted by atomic mass is 79.9. The van der Waals surface area contributed by atoms with Crippen molar-refractivity contribution in [3.05, 3.63) is 55.6 Å². The van der Waals surface area contributed by atoms with Gasteiger partial charge in [-0.15, -0.1) is 0 Å². The topological polar surface area (TPSA) is 12.0 Å². The molecule has 1 aromatic carbocycles. The molecule has 1 aromatic heterocycles. The molecule has 0 saturated carbocycles. The fourth-order valence-corrected chi connectivity index (χ4v) is 3.45. The molecule has 1 nitrogen and oxygen atoms in total. The molecule has 0 saturated heterocycles. The van der Waals surface area contributed by atoms with Gasteiger partial charge in [0.2, 0.25) is 0 Å². The summed E-state index contributed by atoms with van der Waals surface area (Å²) < 4.78 is 1.02. The van der Waals surface area contributed by atoms with E-state index in [9.17, 15) is 0 Å². The molecule has 1 atom stereocenters. The maximum absolute atomic E-state index is 6.33. The Labute approximate surface area is 125 Å². The Morgan fingerprint density at radius 2 is 2.22 bits per heavy atom. The van der Waals surface area contributed by atoms with Crippen LogP contribution in [0.15, 0.2) is 39.5 Å². The fourth-order valence-electron chi connectivity index (χ4n) is 1.97. The number of hydrogen-bond acceptors (Lipinski definition) is 2. The summed E-state index contributed by atoms with van der Waals surface area (Å²) in [7, 11) is 0. The predicted molar refractivity (Wildman–Crippen MR) is 83.6 cm³/mol. The summed E-state index contributed by atoms with van der Waals surface area (Å²) in [6, 6.07) is 8.52. The number of rotatable bonds is 5. The maximum atomic E-state index is 6.33. The Morgan fingerprint density at radius 1 is 1.39 bits per heavy atom. The van der Waals surface area contributed by atoms with Gasteiger partial charge >= 0.3 is 0 Å². The summed E-state index contributed by atoms with van der Waals surface area (Å²) in [6.07, 6.45) is 0.971. The van der Waals surface area contributed by atoms with Crippen LogP contribution in [0.4, 0.5) is 0 Å². The number of nitrogens with one attached hydrogen (secondary N) is 1. The third kappa shape index (κ3) is 3.58. The minimum Gasteiger partial charge on any atom is -0.310 e. The highest BCUT2D eigenvalue weighted by Gasteiger charge is 2.14. The van der Waals surface area contributed by atoms with Crippen LogP contribution in [0.25, 0.3) is 0 Å². The second-order valence-electron chi connectivity index (χ2n) is 4.11. The molecule has 0 radical (unpaired) electrons. The van der Waals surface area contributed by atoms with Crippen LogP contribution in [-0.2, 0) is 6.42 Å². The smallest absolute Gasteiger partial charge is 0.0465 e. The van der Waals surface area contributed by atoms with Crippen molar-refractivity contribution in [2.45, 2.75) is 19.4 Å². The van der Waals surface area contributed by atoms with E-state index in [1.807, 2.05) is 12.1 Å². The molecule has 0 fully saturated rings. The van der Waals surface area contributed by atoms with E-state index >= 15 is 0 Å². The second-order valence-corrected chi connectivity index (χ2v) is 6.21. The highest BCUT2D eigenvalue weighted by Crippen LogP contribution is 2.29. The van der Waals surface area contributed by atoms with Gasteiger partial charge in [0.25, 0.3) is 0 Å². The van der Waals surface area contributed by atoms with Gasteiger partial charge < -0.3 is 5.32 Å². The Bertz CT molecular complexity index is 499. The Hall–Kier alpha value is -0.350. The molecule has 0 spiro atoms.